The summed E-state index contributed by atoms with van der Waals surface area (Å²) in [5.74, 6) is -1.13. The summed E-state index contributed by atoms with van der Waals surface area (Å²) in [6.07, 6.45) is -0.401. The second-order valence-corrected chi connectivity index (χ2v) is 8.48. The van der Waals surface area contributed by atoms with Gasteiger partial charge in [0.1, 0.15) is 18.0 Å². The second-order valence-electron chi connectivity index (χ2n) is 8.07. The monoisotopic (exact) mass is 489 g/mol. The highest BCUT2D eigenvalue weighted by atomic mass is 35.5. The van der Waals surface area contributed by atoms with Crippen molar-refractivity contribution in [3.63, 3.8) is 0 Å². The summed E-state index contributed by atoms with van der Waals surface area (Å²) in [4.78, 5) is 38.8. The van der Waals surface area contributed by atoms with Crippen LogP contribution in [0.25, 0.3) is 10.9 Å². The van der Waals surface area contributed by atoms with Gasteiger partial charge in [0.2, 0.25) is 0 Å². The summed E-state index contributed by atoms with van der Waals surface area (Å²) >= 11 is 5.78. The zero-order valence-electron chi connectivity index (χ0n) is 17.9. The number of hydrogen-bond acceptors (Lipinski definition) is 4. The first-order chi connectivity index (χ1) is 16.2. The number of benzene rings is 2. The van der Waals surface area contributed by atoms with Gasteiger partial charge >= 0.3 is 12.1 Å². The molecule has 1 saturated heterocycles. The lowest BCUT2D eigenvalue weighted by atomic mass is 9.98. The van der Waals surface area contributed by atoms with Crippen LogP contribution in [0.5, 0.6) is 0 Å². The van der Waals surface area contributed by atoms with Crippen LogP contribution in [-0.2, 0) is 11.2 Å². The number of nitrogens with two attached hydrogens (primary N) is 2. The van der Waals surface area contributed by atoms with Gasteiger partial charge in [0.25, 0.3) is 0 Å². The van der Waals surface area contributed by atoms with Gasteiger partial charge in [-0.15, -0.1) is 0 Å². The maximum atomic E-state index is 14.5. The molecule has 3 aromatic rings. The number of nitrogens with zero attached hydrogens (tertiary/aromatic N) is 2. The SMILES string of the molecule is NC(=O)n1cc(NC(=O)N2C[C@H](F)[C@@H](N)[C@H]2C(=O)CCc2cccc(Cl)c2F)c2ccccc21. The number of urea groups is 1. The number of aryl methyl sites for hydroxylation is 1. The van der Waals surface area contributed by atoms with Crippen molar-refractivity contribution in [3.8, 4) is 0 Å². The molecule has 11 heteroatoms. The Labute approximate surface area is 198 Å². The number of Topliss-reactive ketones (excluding diaryl/α,β-unsaturated/α-hetero) is 1. The van der Waals surface area contributed by atoms with Gasteiger partial charge in [0.05, 0.1) is 28.8 Å². The Kier molecular flexibility index (Phi) is 6.54. The van der Waals surface area contributed by atoms with Crippen LogP contribution in [0.1, 0.15) is 12.0 Å². The second kappa shape index (κ2) is 9.40. The molecule has 8 nitrogen and oxygen atoms in total. The van der Waals surface area contributed by atoms with Crippen molar-refractivity contribution in [3.05, 3.63) is 65.1 Å². The molecule has 0 spiro atoms. The highest BCUT2D eigenvalue weighted by molar-refractivity contribution is 6.30. The third-order valence-corrected chi connectivity index (χ3v) is 6.24. The van der Waals surface area contributed by atoms with Gasteiger partial charge in [-0.3, -0.25) is 9.36 Å². The van der Waals surface area contributed by atoms with E-state index in [0.717, 1.165) is 4.90 Å². The molecule has 0 saturated carbocycles. The van der Waals surface area contributed by atoms with Gasteiger partial charge in [-0.1, -0.05) is 41.9 Å². The van der Waals surface area contributed by atoms with Crippen LogP contribution in [0.4, 0.5) is 24.1 Å². The average molecular weight is 490 g/mol. The Bertz CT molecular complexity index is 1280. The third kappa shape index (κ3) is 4.34. The molecular weight excluding hydrogens is 468 g/mol. The van der Waals surface area contributed by atoms with Gasteiger partial charge in [0.15, 0.2) is 5.78 Å². The number of nitrogens with one attached hydrogen (secondary N) is 1. The van der Waals surface area contributed by atoms with Crippen LogP contribution in [0.3, 0.4) is 0 Å². The average Bonchev–Trinajstić information content (AvgIpc) is 3.32. The number of carbonyl (C=O) groups excluding carboxylic acids is 3. The van der Waals surface area contributed by atoms with Crippen LogP contribution in [0.2, 0.25) is 5.02 Å². The van der Waals surface area contributed by atoms with E-state index in [1.54, 1.807) is 30.3 Å². The molecule has 5 N–H and O–H groups in total. The predicted octanol–water partition coefficient (Wildman–Crippen LogP) is 3.44. The Hall–Kier alpha value is -3.50. The summed E-state index contributed by atoms with van der Waals surface area (Å²) in [7, 11) is 0. The Morgan fingerprint density at radius 1 is 1.15 bits per heavy atom. The highest BCUT2D eigenvalue weighted by Crippen LogP contribution is 2.28. The van der Waals surface area contributed by atoms with E-state index in [1.807, 2.05) is 0 Å². The summed E-state index contributed by atoms with van der Waals surface area (Å²) in [5.41, 5.74) is 12.3. The number of fused-ring (bicyclic) bond motifs is 1. The van der Waals surface area contributed by atoms with Crippen molar-refractivity contribution in [1.82, 2.24) is 9.47 Å². The van der Waals surface area contributed by atoms with Crippen molar-refractivity contribution in [1.29, 1.82) is 0 Å². The minimum Gasteiger partial charge on any atom is -0.351 e. The Morgan fingerprint density at radius 3 is 2.62 bits per heavy atom. The maximum absolute atomic E-state index is 14.5. The van der Waals surface area contributed by atoms with E-state index in [0.29, 0.717) is 10.9 Å². The molecule has 2 aromatic carbocycles. The molecule has 0 aliphatic carbocycles. The quantitative estimate of drug-likeness (QED) is 0.508. The molecule has 1 aliphatic heterocycles. The number of rotatable bonds is 5. The van der Waals surface area contributed by atoms with Crippen molar-refractivity contribution in [2.75, 3.05) is 11.9 Å². The number of anilines is 1. The molecule has 3 amide bonds. The van der Waals surface area contributed by atoms with E-state index in [-0.39, 0.29) is 35.7 Å². The molecule has 3 atom stereocenters. The zero-order chi connectivity index (χ0) is 24.6. The van der Waals surface area contributed by atoms with Gasteiger partial charge < -0.3 is 21.7 Å². The highest BCUT2D eigenvalue weighted by Gasteiger charge is 2.46. The van der Waals surface area contributed by atoms with Gasteiger partial charge in [0, 0.05) is 18.0 Å². The number of halogens is 3. The predicted molar refractivity (Wildman–Crippen MR) is 124 cm³/mol. The molecule has 178 valence electrons. The standard InChI is InChI=1S/C23H22ClF2N5O3/c24-14-6-3-4-12(19(14)26)8-9-18(32)21-20(27)15(25)10-31(21)23(34)29-16-11-30(22(28)33)17-7-2-1-5-13(16)17/h1-7,11,15,20-21H,8-10,27H2,(H2,28,33)(H,29,34)/t15-,20+,21+/m0/s1. The molecule has 0 unspecified atom stereocenters. The topological polar surface area (TPSA) is 123 Å². The van der Waals surface area contributed by atoms with Crippen LogP contribution in [-0.4, -0.2) is 52.1 Å². The lowest BCUT2D eigenvalue weighted by Gasteiger charge is -2.25. The molecule has 1 aliphatic rings. The molecule has 4 rings (SSSR count). The van der Waals surface area contributed by atoms with Crippen molar-refractivity contribution < 1.29 is 23.2 Å². The smallest absolute Gasteiger partial charge is 0.323 e. The number of likely N-dealkylation sites (tertiary alicyclic amines) is 1. The van der Waals surface area contributed by atoms with Crippen molar-refractivity contribution >= 4 is 46.0 Å². The number of amides is 3. The number of primary amides is 1. The van der Waals surface area contributed by atoms with Crippen LogP contribution < -0.4 is 16.8 Å². The fourth-order valence-electron chi connectivity index (χ4n) is 4.22. The number of para-hydroxylation sites is 1. The van der Waals surface area contributed by atoms with E-state index >= 15 is 0 Å². The summed E-state index contributed by atoms with van der Waals surface area (Å²) in [6.45, 7) is -0.386. The van der Waals surface area contributed by atoms with E-state index < -0.39 is 41.9 Å². The fraction of sp³-hybridized carbons (Fsp3) is 0.261. The molecule has 1 fully saturated rings. The van der Waals surface area contributed by atoms with E-state index in [2.05, 4.69) is 5.32 Å². The summed E-state index contributed by atoms with van der Waals surface area (Å²) in [6, 6.07) is 7.25. The number of aromatic nitrogens is 1. The first-order valence-electron chi connectivity index (χ1n) is 10.5. The van der Waals surface area contributed by atoms with Crippen LogP contribution in [0.15, 0.2) is 48.7 Å². The molecule has 2 heterocycles. The Morgan fingerprint density at radius 2 is 1.88 bits per heavy atom. The molecular formula is C23H22ClF2N5O3. The first-order valence-corrected chi connectivity index (χ1v) is 10.9. The van der Waals surface area contributed by atoms with Crippen molar-refractivity contribution in [2.45, 2.75) is 31.1 Å². The zero-order valence-corrected chi connectivity index (χ0v) is 18.6. The summed E-state index contributed by atoms with van der Waals surface area (Å²) in [5, 5.41) is 3.09. The minimum absolute atomic E-state index is 0.0208. The van der Waals surface area contributed by atoms with Crippen molar-refractivity contribution in [2.24, 2.45) is 11.5 Å². The first kappa shape index (κ1) is 23.7. The molecule has 0 radical (unpaired) electrons. The largest absolute Gasteiger partial charge is 0.351 e. The normalized spacial score (nSPS) is 20.0. The minimum atomic E-state index is -1.62. The van der Waals surface area contributed by atoms with Crippen LogP contribution >= 0.6 is 11.6 Å². The third-order valence-electron chi connectivity index (χ3n) is 5.94. The van der Waals surface area contributed by atoms with Gasteiger partial charge in [-0.05, 0) is 24.1 Å². The van der Waals surface area contributed by atoms with Gasteiger partial charge in [-0.25, -0.2) is 18.4 Å². The number of carbonyl (C=O) groups is 3. The van der Waals surface area contributed by atoms with E-state index in [4.69, 9.17) is 23.1 Å². The molecule has 0 bridgehead atoms. The molecule has 1 aromatic heterocycles. The lowest BCUT2D eigenvalue weighted by Crippen LogP contribution is -2.50. The fourth-order valence-corrected chi connectivity index (χ4v) is 4.42. The summed E-state index contributed by atoms with van der Waals surface area (Å²) < 4.78 is 29.8. The van der Waals surface area contributed by atoms with E-state index in [1.165, 1.54) is 22.9 Å². The Balaban J connectivity index is 1.54. The number of alkyl halides is 1. The van der Waals surface area contributed by atoms with Gasteiger partial charge in [-0.2, -0.15) is 0 Å². The number of hydrogen-bond donors (Lipinski definition) is 3. The molecule has 34 heavy (non-hydrogen) atoms. The van der Waals surface area contributed by atoms with E-state index in [9.17, 15) is 23.2 Å². The number of ketones is 1. The maximum Gasteiger partial charge on any atom is 0.323 e. The van der Waals surface area contributed by atoms with Crippen LogP contribution in [0, 0.1) is 5.82 Å². The lowest BCUT2D eigenvalue weighted by molar-refractivity contribution is -0.122.